The highest BCUT2D eigenvalue weighted by Crippen LogP contribution is 2.15. The Morgan fingerprint density at radius 1 is 1.29 bits per heavy atom. The van der Waals surface area contributed by atoms with Gasteiger partial charge in [0.1, 0.15) is 12.4 Å². The molecule has 0 aliphatic heterocycles. The summed E-state index contributed by atoms with van der Waals surface area (Å²) in [6, 6.07) is 7.33. The summed E-state index contributed by atoms with van der Waals surface area (Å²) in [5.74, 6) is 0.800. The smallest absolute Gasteiger partial charge is 0.119 e. The van der Waals surface area contributed by atoms with Crippen molar-refractivity contribution in [2.75, 3.05) is 6.61 Å². The molecule has 0 amide bonds. The fourth-order valence-electron chi connectivity index (χ4n) is 2.11. The third-order valence-electron chi connectivity index (χ3n) is 3.26. The summed E-state index contributed by atoms with van der Waals surface area (Å²) in [4.78, 5) is 0. The fourth-order valence-corrected chi connectivity index (χ4v) is 2.23. The van der Waals surface area contributed by atoms with E-state index in [1.807, 2.05) is 28.9 Å². The average Bonchev–Trinajstić information content (AvgIpc) is 2.89. The van der Waals surface area contributed by atoms with Crippen LogP contribution in [0.15, 0.2) is 24.3 Å². The van der Waals surface area contributed by atoms with Crippen molar-refractivity contribution in [3.8, 4) is 5.75 Å². The van der Waals surface area contributed by atoms with E-state index in [1.165, 1.54) is 0 Å². The number of nitrogens with zero attached hydrogens (tertiary/aromatic N) is 3. The molecule has 5 nitrogen and oxygen atoms in total. The first-order chi connectivity index (χ1) is 10.2. The second-order valence-electron chi connectivity index (χ2n) is 4.82. The van der Waals surface area contributed by atoms with Gasteiger partial charge < -0.3 is 10.5 Å². The van der Waals surface area contributed by atoms with Gasteiger partial charge in [-0.05, 0) is 37.1 Å². The molecule has 0 atom stereocenters. The first kappa shape index (κ1) is 15.8. The molecule has 0 fully saturated rings. The van der Waals surface area contributed by atoms with E-state index in [-0.39, 0.29) is 0 Å². The third-order valence-corrected chi connectivity index (χ3v) is 3.52. The van der Waals surface area contributed by atoms with Gasteiger partial charge in [-0.25, -0.2) is 4.68 Å². The molecule has 0 radical (unpaired) electrons. The molecule has 1 heterocycles. The summed E-state index contributed by atoms with van der Waals surface area (Å²) in [5.41, 5.74) is 7.72. The van der Waals surface area contributed by atoms with Crippen molar-refractivity contribution in [3.05, 3.63) is 40.7 Å². The van der Waals surface area contributed by atoms with Gasteiger partial charge in [-0.2, -0.15) is 0 Å². The van der Waals surface area contributed by atoms with Crippen molar-refractivity contribution in [2.24, 2.45) is 5.73 Å². The molecule has 0 aliphatic rings. The Kier molecular flexibility index (Phi) is 6.02. The Morgan fingerprint density at radius 3 is 2.71 bits per heavy atom. The van der Waals surface area contributed by atoms with Crippen LogP contribution in [0.5, 0.6) is 5.75 Å². The molecular weight excluding hydrogens is 288 g/mol. The Hall–Kier alpha value is -1.59. The lowest BCUT2D eigenvalue weighted by molar-refractivity contribution is 0.287. The first-order valence-electron chi connectivity index (χ1n) is 7.24. The lowest BCUT2D eigenvalue weighted by Gasteiger charge is -2.09. The predicted molar refractivity (Wildman–Crippen MR) is 83.5 cm³/mol. The molecule has 2 aromatic rings. The van der Waals surface area contributed by atoms with E-state index in [9.17, 15) is 0 Å². The van der Waals surface area contributed by atoms with Crippen molar-refractivity contribution < 1.29 is 4.74 Å². The number of halogens is 1. The van der Waals surface area contributed by atoms with E-state index in [0.717, 1.165) is 36.4 Å². The number of nitrogens with two attached hydrogens (primary N) is 1. The second kappa shape index (κ2) is 8.00. The maximum absolute atomic E-state index is 5.84. The van der Waals surface area contributed by atoms with Crippen molar-refractivity contribution in [2.45, 2.75) is 39.3 Å². The summed E-state index contributed by atoms with van der Waals surface area (Å²) >= 11 is 5.84. The van der Waals surface area contributed by atoms with Gasteiger partial charge in [0.05, 0.1) is 17.9 Å². The maximum atomic E-state index is 5.84. The normalized spacial score (nSPS) is 10.8. The number of aromatic nitrogens is 3. The molecule has 0 aliphatic carbocycles. The van der Waals surface area contributed by atoms with Crippen molar-refractivity contribution in [1.29, 1.82) is 0 Å². The maximum Gasteiger partial charge on any atom is 0.119 e. The Balaban J connectivity index is 1.93. The Bertz CT molecular complexity index is 553. The fraction of sp³-hybridized carbons (Fsp3) is 0.467. The van der Waals surface area contributed by atoms with Crippen LogP contribution in [0.4, 0.5) is 0 Å². The molecular formula is C15H21ClN4O. The number of rotatable bonds is 8. The van der Waals surface area contributed by atoms with Crippen LogP contribution in [0.1, 0.15) is 31.2 Å². The summed E-state index contributed by atoms with van der Waals surface area (Å²) in [7, 11) is 0. The molecule has 21 heavy (non-hydrogen) atoms. The molecule has 6 heteroatoms. The standard InChI is InChI=1S/C15H21ClN4O/c1-2-3-4-15-14(11-17)18-19-20(15)9-10-21-13-7-5-12(16)6-8-13/h5-8H,2-4,9-11,17H2,1H3. The van der Waals surface area contributed by atoms with Gasteiger partial charge in [-0.3, -0.25) is 0 Å². The SMILES string of the molecule is CCCCc1c(CN)nnn1CCOc1ccc(Cl)cc1. The summed E-state index contributed by atoms with van der Waals surface area (Å²) in [5, 5.41) is 9.01. The minimum Gasteiger partial charge on any atom is -0.492 e. The van der Waals surface area contributed by atoms with Gasteiger partial charge >= 0.3 is 0 Å². The highest BCUT2D eigenvalue weighted by Gasteiger charge is 2.11. The minimum absolute atomic E-state index is 0.428. The number of benzene rings is 1. The number of hydrogen-bond acceptors (Lipinski definition) is 4. The van der Waals surface area contributed by atoms with Gasteiger partial charge in [0.25, 0.3) is 0 Å². The zero-order valence-electron chi connectivity index (χ0n) is 12.3. The topological polar surface area (TPSA) is 66.0 Å². The van der Waals surface area contributed by atoms with Gasteiger partial charge in [-0.15, -0.1) is 5.10 Å². The van der Waals surface area contributed by atoms with E-state index in [4.69, 9.17) is 22.1 Å². The van der Waals surface area contributed by atoms with E-state index in [0.29, 0.717) is 24.7 Å². The molecule has 0 saturated carbocycles. The van der Waals surface area contributed by atoms with Crippen molar-refractivity contribution in [1.82, 2.24) is 15.0 Å². The van der Waals surface area contributed by atoms with Crippen molar-refractivity contribution in [3.63, 3.8) is 0 Å². The van der Waals surface area contributed by atoms with E-state index < -0.39 is 0 Å². The molecule has 0 spiro atoms. The Labute approximate surface area is 130 Å². The molecule has 1 aromatic carbocycles. The van der Waals surface area contributed by atoms with Crippen LogP contribution >= 0.6 is 11.6 Å². The third kappa shape index (κ3) is 4.44. The van der Waals surface area contributed by atoms with Crippen LogP contribution in [-0.4, -0.2) is 21.6 Å². The Morgan fingerprint density at radius 2 is 2.05 bits per heavy atom. The van der Waals surface area contributed by atoms with Crippen LogP contribution in [0.2, 0.25) is 5.02 Å². The van der Waals surface area contributed by atoms with E-state index >= 15 is 0 Å². The lowest BCUT2D eigenvalue weighted by Crippen LogP contribution is -2.13. The molecule has 114 valence electrons. The molecule has 0 saturated heterocycles. The average molecular weight is 309 g/mol. The zero-order valence-corrected chi connectivity index (χ0v) is 13.0. The van der Waals surface area contributed by atoms with Crippen LogP contribution in [0.3, 0.4) is 0 Å². The van der Waals surface area contributed by atoms with Crippen LogP contribution in [0.25, 0.3) is 0 Å². The molecule has 0 bridgehead atoms. The molecule has 2 rings (SSSR count). The minimum atomic E-state index is 0.428. The molecule has 1 aromatic heterocycles. The van der Waals surface area contributed by atoms with Gasteiger partial charge in [0.2, 0.25) is 0 Å². The number of ether oxygens (including phenoxy) is 1. The zero-order chi connectivity index (χ0) is 15.1. The summed E-state index contributed by atoms with van der Waals surface area (Å²) in [6.07, 6.45) is 3.20. The number of unbranched alkanes of at least 4 members (excludes halogenated alkanes) is 1. The predicted octanol–water partition coefficient (Wildman–Crippen LogP) is 2.81. The molecule has 0 unspecified atom stereocenters. The monoisotopic (exact) mass is 308 g/mol. The van der Waals surface area contributed by atoms with Gasteiger partial charge in [-0.1, -0.05) is 30.2 Å². The van der Waals surface area contributed by atoms with Crippen molar-refractivity contribution >= 4 is 11.6 Å². The number of hydrogen-bond donors (Lipinski definition) is 1. The highest BCUT2D eigenvalue weighted by atomic mass is 35.5. The van der Waals surface area contributed by atoms with Crippen LogP contribution < -0.4 is 10.5 Å². The van der Waals surface area contributed by atoms with Crippen LogP contribution in [0, 0.1) is 0 Å². The van der Waals surface area contributed by atoms with E-state index in [1.54, 1.807) is 0 Å². The second-order valence-corrected chi connectivity index (χ2v) is 5.25. The molecule has 2 N–H and O–H groups in total. The quantitative estimate of drug-likeness (QED) is 0.814. The van der Waals surface area contributed by atoms with Crippen LogP contribution in [-0.2, 0) is 19.5 Å². The summed E-state index contributed by atoms with van der Waals surface area (Å²) in [6.45, 7) is 3.79. The first-order valence-corrected chi connectivity index (χ1v) is 7.62. The van der Waals surface area contributed by atoms with Gasteiger partial charge in [0.15, 0.2) is 0 Å². The lowest BCUT2D eigenvalue weighted by atomic mass is 10.1. The van der Waals surface area contributed by atoms with Gasteiger partial charge in [0, 0.05) is 11.6 Å². The largest absolute Gasteiger partial charge is 0.492 e. The highest BCUT2D eigenvalue weighted by molar-refractivity contribution is 6.30. The van der Waals surface area contributed by atoms with E-state index in [2.05, 4.69) is 17.2 Å². The summed E-state index contributed by atoms with van der Waals surface area (Å²) < 4.78 is 7.59.